The zero-order chi connectivity index (χ0) is 12.1. The summed E-state index contributed by atoms with van der Waals surface area (Å²) in [6, 6.07) is -0.565. The number of hydrogen-bond donors (Lipinski definition) is 2. The zero-order valence-corrected chi connectivity index (χ0v) is 9.88. The summed E-state index contributed by atoms with van der Waals surface area (Å²) in [7, 11) is 0. The Bertz CT molecular complexity index is 283. The Morgan fingerprint density at radius 2 is 1.62 bits per heavy atom. The van der Waals surface area contributed by atoms with Gasteiger partial charge in [0.25, 0.3) is 0 Å². The molecule has 0 spiro atoms. The van der Waals surface area contributed by atoms with E-state index in [9.17, 15) is 15.0 Å². The first kappa shape index (κ1) is 11.7. The van der Waals surface area contributed by atoms with Crippen LogP contribution in [0, 0.1) is 0 Å². The molecule has 92 valence electrons. The van der Waals surface area contributed by atoms with Gasteiger partial charge < -0.3 is 14.9 Å². The van der Waals surface area contributed by atoms with E-state index in [1.54, 1.807) is 20.8 Å². The second-order valence-corrected chi connectivity index (χ2v) is 5.58. The van der Waals surface area contributed by atoms with Crippen molar-refractivity contribution in [1.82, 2.24) is 4.90 Å². The van der Waals surface area contributed by atoms with E-state index >= 15 is 0 Å². The minimum atomic E-state index is -0.828. The van der Waals surface area contributed by atoms with Crippen molar-refractivity contribution in [2.75, 3.05) is 0 Å². The van der Waals surface area contributed by atoms with Gasteiger partial charge in [-0.3, -0.25) is 4.90 Å². The molecule has 16 heavy (non-hydrogen) atoms. The average molecular weight is 229 g/mol. The summed E-state index contributed by atoms with van der Waals surface area (Å²) < 4.78 is 5.26. The van der Waals surface area contributed by atoms with Gasteiger partial charge in [-0.1, -0.05) is 0 Å². The molecule has 2 heterocycles. The molecule has 0 aromatic heterocycles. The Hall–Kier alpha value is -0.810. The van der Waals surface area contributed by atoms with Crippen molar-refractivity contribution in [3.63, 3.8) is 0 Å². The van der Waals surface area contributed by atoms with Crippen molar-refractivity contribution in [2.24, 2.45) is 0 Å². The van der Waals surface area contributed by atoms with Crippen LogP contribution in [0.15, 0.2) is 0 Å². The number of aliphatic hydroxyl groups is 2. The summed E-state index contributed by atoms with van der Waals surface area (Å²) >= 11 is 0. The Morgan fingerprint density at radius 3 is 2.00 bits per heavy atom. The van der Waals surface area contributed by atoms with Gasteiger partial charge in [0.1, 0.15) is 17.8 Å². The number of ether oxygens (including phenoxy) is 1. The quantitative estimate of drug-likeness (QED) is 0.634. The molecule has 2 N–H and O–H groups in total. The van der Waals surface area contributed by atoms with Gasteiger partial charge in [0.15, 0.2) is 0 Å². The Morgan fingerprint density at radius 1 is 1.19 bits per heavy atom. The van der Waals surface area contributed by atoms with Crippen LogP contribution in [-0.4, -0.2) is 51.1 Å². The SMILES string of the molecule is CC(C)(C)OC(=O)N1C2CCC1C(O)C2O. The molecule has 0 radical (unpaired) electrons. The van der Waals surface area contributed by atoms with Crippen LogP contribution in [0.25, 0.3) is 0 Å². The van der Waals surface area contributed by atoms with Crippen molar-refractivity contribution in [1.29, 1.82) is 0 Å². The van der Waals surface area contributed by atoms with Crippen LogP contribution in [0.3, 0.4) is 0 Å². The fraction of sp³-hybridized carbons (Fsp3) is 0.909. The lowest BCUT2D eigenvalue weighted by Gasteiger charge is -2.27. The van der Waals surface area contributed by atoms with Crippen LogP contribution in [0.5, 0.6) is 0 Å². The van der Waals surface area contributed by atoms with Gasteiger partial charge in [-0.2, -0.15) is 0 Å². The Balaban J connectivity index is 2.09. The molecule has 0 saturated carbocycles. The van der Waals surface area contributed by atoms with E-state index in [2.05, 4.69) is 0 Å². The summed E-state index contributed by atoms with van der Waals surface area (Å²) in [5.41, 5.74) is -0.547. The topological polar surface area (TPSA) is 70.0 Å². The Labute approximate surface area is 95.0 Å². The second kappa shape index (κ2) is 3.60. The third-order valence-electron chi connectivity index (χ3n) is 3.22. The monoisotopic (exact) mass is 229 g/mol. The first-order chi connectivity index (χ1) is 7.31. The minimum Gasteiger partial charge on any atom is -0.444 e. The molecule has 2 aliphatic rings. The molecule has 2 aliphatic heterocycles. The van der Waals surface area contributed by atoms with Crippen molar-refractivity contribution in [3.8, 4) is 0 Å². The van der Waals surface area contributed by atoms with Gasteiger partial charge in [0.05, 0.1) is 12.1 Å². The number of fused-ring (bicyclic) bond motifs is 2. The molecular formula is C11H19NO4. The van der Waals surface area contributed by atoms with Gasteiger partial charge in [-0.05, 0) is 33.6 Å². The van der Waals surface area contributed by atoms with Crippen molar-refractivity contribution >= 4 is 6.09 Å². The third kappa shape index (κ3) is 1.78. The predicted molar refractivity (Wildman–Crippen MR) is 56.9 cm³/mol. The number of nitrogens with zero attached hydrogens (tertiary/aromatic N) is 1. The summed E-state index contributed by atoms with van der Waals surface area (Å²) in [6.45, 7) is 5.40. The Kier molecular flexibility index (Phi) is 2.62. The lowest BCUT2D eigenvalue weighted by molar-refractivity contribution is 0.0123. The molecule has 2 saturated heterocycles. The van der Waals surface area contributed by atoms with Crippen LogP contribution < -0.4 is 0 Å². The smallest absolute Gasteiger partial charge is 0.410 e. The molecule has 4 unspecified atom stereocenters. The van der Waals surface area contributed by atoms with Crippen LogP contribution in [0.4, 0.5) is 4.79 Å². The maximum absolute atomic E-state index is 11.9. The van der Waals surface area contributed by atoms with E-state index in [0.717, 1.165) is 12.8 Å². The van der Waals surface area contributed by atoms with E-state index in [-0.39, 0.29) is 12.1 Å². The molecule has 5 nitrogen and oxygen atoms in total. The standard InChI is InChI=1S/C11H19NO4/c1-11(2,3)16-10(15)12-6-4-5-7(12)9(14)8(6)13/h6-9,13-14H,4-5H2,1-3H3. The molecule has 4 atom stereocenters. The summed E-state index contributed by atoms with van der Waals surface area (Å²) in [5, 5.41) is 19.4. The van der Waals surface area contributed by atoms with Crippen molar-refractivity contribution in [2.45, 2.75) is 63.5 Å². The number of carbonyl (C=O) groups excluding carboxylic acids is 1. The highest BCUT2D eigenvalue weighted by Gasteiger charge is 2.55. The molecule has 2 rings (SSSR count). The first-order valence-corrected chi connectivity index (χ1v) is 5.69. The van der Waals surface area contributed by atoms with E-state index < -0.39 is 23.9 Å². The highest BCUT2D eigenvalue weighted by atomic mass is 16.6. The largest absolute Gasteiger partial charge is 0.444 e. The molecule has 5 heteroatoms. The molecule has 2 bridgehead atoms. The van der Waals surface area contributed by atoms with Crippen molar-refractivity contribution < 1.29 is 19.7 Å². The second-order valence-electron chi connectivity index (χ2n) is 5.58. The number of aliphatic hydroxyl groups excluding tert-OH is 2. The zero-order valence-electron chi connectivity index (χ0n) is 9.88. The molecule has 1 amide bonds. The highest BCUT2D eigenvalue weighted by Crippen LogP contribution is 2.38. The minimum absolute atomic E-state index is 0.283. The number of amides is 1. The maximum Gasteiger partial charge on any atom is 0.410 e. The van der Waals surface area contributed by atoms with Crippen LogP contribution in [0.2, 0.25) is 0 Å². The van der Waals surface area contributed by atoms with E-state index in [0.29, 0.717) is 0 Å². The maximum atomic E-state index is 11.9. The van der Waals surface area contributed by atoms with E-state index in [1.165, 1.54) is 4.90 Å². The average Bonchev–Trinajstić information content (AvgIpc) is 2.63. The third-order valence-corrected chi connectivity index (χ3v) is 3.22. The number of rotatable bonds is 0. The van der Waals surface area contributed by atoms with Gasteiger partial charge in [-0.15, -0.1) is 0 Å². The lowest BCUT2D eigenvalue weighted by atomic mass is 9.95. The van der Waals surface area contributed by atoms with Crippen LogP contribution >= 0.6 is 0 Å². The first-order valence-electron chi connectivity index (χ1n) is 5.69. The van der Waals surface area contributed by atoms with Crippen molar-refractivity contribution in [3.05, 3.63) is 0 Å². The fourth-order valence-electron chi connectivity index (χ4n) is 2.58. The van der Waals surface area contributed by atoms with Crippen LogP contribution in [0.1, 0.15) is 33.6 Å². The summed E-state index contributed by atoms with van der Waals surface area (Å²) in [5.74, 6) is 0. The van der Waals surface area contributed by atoms with Crippen LogP contribution in [-0.2, 0) is 4.74 Å². The molecule has 0 aromatic carbocycles. The number of hydrogen-bond acceptors (Lipinski definition) is 4. The number of carbonyl (C=O) groups is 1. The molecular weight excluding hydrogens is 210 g/mol. The molecule has 0 aliphatic carbocycles. The predicted octanol–water partition coefficient (Wildman–Crippen LogP) is 0.490. The summed E-state index contributed by atoms with van der Waals surface area (Å²) in [6.07, 6.45) is -0.613. The molecule has 0 aromatic rings. The lowest BCUT2D eigenvalue weighted by Crippen LogP contribution is -2.41. The van der Waals surface area contributed by atoms with Gasteiger partial charge >= 0.3 is 6.09 Å². The summed E-state index contributed by atoms with van der Waals surface area (Å²) in [4.78, 5) is 13.4. The fourth-order valence-corrected chi connectivity index (χ4v) is 2.58. The van der Waals surface area contributed by atoms with Gasteiger partial charge in [0.2, 0.25) is 0 Å². The van der Waals surface area contributed by atoms with E-state index in [1.807, 2.05) is 0 Å². The highest BCUT2D eigenvalue weighted by molar-refractivity contribution is 5.70. The normalized spacial score (nSPS) is 37.9. The van der Waals surface area contributed by atoms with Gasteiger partial charge in [0, 0.05) is 0 Å². The van der Waals surface area contributed by atoms with Gasteiger partial charge in [-0.25, -0.2) is 4.79 Å². The molecule has 2 fully saturated rings. The van der Waals surface area contributed by atoms with E-state index in [4.69, 9.17) is 4.74 Å².